The molecule has 1 aliphatic carbocycles. The number of aliphatic imine (C=N–C) groups is 1. The first-order valence-corrected chi connectivity index (χ1v) is 12.3. The highest BCUT2D eigenvalue weighted by atomic mass is 35.5. The van der Waals surface area contributed by atoms with Crippen molar-refractivity contribution in [2.75, 3.05) is 18.2 Å². The lowest BCUT2D eigenvalue weighted by molar-refractivity contribution is 0.0292. The van der Waals surface area contributed by atoms with Gasteiger partial charge in [0.25, 0.3) is 5.91 Å². The minimum absolute atomic E-state index is 0.0186. The Hall–Kier alpha value is -2.56. The molecule has 4 rings (SSSR count). The lowest BCUT2D eigenvalue weighted by Gasteiger charge is -2.49. The van der Waals surface area contributed by atoms with E-state index < -0.39 is 37.6 Å². The topological polar surface area (TPSA) is 124 Å². The normalized spacial score (nSPS) is 28.2. The van der Waals surface area contributed by atoms with E-state index in [0.717, 1.165) is 6.07 Å². The van der Waals surface area contributed by atoms with E-state index in [-0.39, 0.29) is 41.7 Å². The fourth-order valence-corrected chi connectivity index (χ4v) is 7.19. The molecular weight excluding hydrogens is 471 g/mol. The van der Waals surface area contributed by atoms with Gasteiger partial charge >= 0.3 is 0 Å². The SMILES string of the molecule is COC1CC2(C1)C(N)=N[C@](C)(c1cc(NC(=O)c3ncc(Cl)cc3C)ccc1F)CS2(=O)=O. The smallest absolute Gasteiger partial charge is 0.274 e. The first-order valence-electron chi connectivity index (χ1n) is 10.3. The summed E-state index contributed by atoms with van der Waals surface area (Å²) in [7, 11) is -2.24. The maximum absolute atomic E-state index is 14.9. The Morgan fingerprint density at radius 2 is 2.03 bits per heavy atom. The summed E-state index contributed by atoms with van der Waals surface area (Å²) < 4.78 is 45.3. The third kappa shape index (κ3) is 3.89. The van der Waals surface area contributed by atoms with Crippen LogP contribution in [0.15, 0.2) is 35.5 Å². The Kier molecular flexibility index (Phi) is 5.74. The number of nitrogens with two attached hydrogens (primary N) is 1. The number of amidine groups is 1. The van der Waals surface area contributed by atoms with E-state index in [2.05, 4.69) is 15.3 Å². The number of nitrogens with one attached hydrogen (secondary N) is 1. The van der Waals surface area contributed by atoms with E-state index in [9.17, 15) is 17.6 Å². The molecule has 0 saturated heterocycles. The molecule has 1 fully saturated rings. The summed E-state index contributed by atoms with van der Waals surface area (Å²) in [5, 5.41) is 3.07. The zero-order valence-electron chi connectivity index (χ0n) is 18.4. The van der Waals surface area contributed by atoms with Crippen LogP contribution < -0.4 is 11.1 Å². The Bertz CT molecular complexity index is 1280. The molecule has 11 heteroatoms. The first-order chi connectivity index (χ1) is 15.4. The van der Waals surface area contributed by atoms with Crippen LogP contribution in [-0.4, -0.2) is 48.9 Å². The third-order valence-electron chi connectivity index (χ3n) is 6.41. The number of benzene rings is 1. The number of nitrogens with zero attached hydrogens (tertiary/aromatic N) is 2. The quantitative estimate of drug-likeness (QED) is 0.673. The molecule has 33 heavy (non-hydrogen) atoms. The van der Waals surface area contributed by atoms with Gasteiger partial charge in [-0.1, -0.05) is 11.6 Å². The predicted octanol–water partition coefficient (Wildman–Crippen LogP) is 2.98. The zero-order valence-corrected chi connectivity index (χ0v) is 19.9. The van der Waals surface area contributed by atoms with Crippen molar-refractivity contribution in [3.05, 3.63) is 58.1 Å². The van der Waals surface area contributed by atoms with Gasteiger partial charge in [0.05, 0.1) is 16.9 Å². The monoisotopic (exact) mass is 494 g/mol. The molecule has 0 bridgehead atoms. The van der Waals surface area contributed by atoms with E-state index >= 15 is 0 Å². The number of hydrogen-bond acceptors (Lipinski definition) is 7. The number of aryl methyl sites for hydroxylation is 1. The number of aromatic nitrogens is 1. The van der Waals surface area contributed by atoms with Crippen molar-refractivity contribution in [2.24, 2.45) is 10.7 Å². The van der Waals surface area contributed by atoms with Crippen molar-refractivity contribution in [3.63, 3.8) is 0 Å². The van der Waals surface area contributed by atoms with Crippen molar-refractivity contribution in [3.8, 4) is 0 Å². The molecule has 0 radical (unpaired) electrons. The maximum Gasteiger partial charge on any atom is 0.274 e. The number of carbonyl (C=O) groups is 1. The van der Waals surface area contributed by atoms with Crippen LogP contribution >= 0.6 is 11.6 Å². The molecule has 1 saturated carbocycles. The van der Waals surface area contributed by atoms with Crippen molar-refractivity contribution in [1.82, 2.24) is 4.98 Å². The van der Waals surface area contributed by atoms with Crippen LogP contribution in [0.3, 0.4) is 0 Å². The second-order valence-electron chi connectivity index (χ2n) is 8.76. The predicted molar refractivity (Wildman–Crippen MR) is 124 cm³/mol. The molecule has 1 aromatic carbocycles. The number of anilines is 1. The number of ether oxygens (including phenoxy) is 1. The molecule has 1 aliphatic heterocycles. The number of halogens is 2. The summed E-state index contributed by atoms with van der Waals surface area (Å²) in [4.78, 5) is 21.2. The fourth-order valence-electron chi connectivity index (χ4n) is 4.50. The van der Waals surface area contributed by atoms with Crippen LogP contribution in [-0.2, 0) is 20.1 Å². The lowest BCUT2D eigenvalue weighted by Crippen LogP contribution is -2.66. The summed E-state index contributed by atoms with van der Waals surface area (Å²) in [5.41, 5.74) is 5.73. The fraction of sp³-hybridized carbons (Fsp3) is 0.409. The Labute approximate surface area is 196 Å². The molecule has 8 nitrogen and oxygen atoms in total. The van der Waals surface area contributed by atoms with Gasteiger partial charge in [0.1, 0.15) is 27.6 Å². The Morgan fingerprint density at radius 3 is 2.64 bits per heavy atom. The summed E-state index contributed by atoms with van der Waals surface area (Å²) in [5.74, 6) is -1.62. The highest BCUT2D eigenvalue weighted by Crippen LogP contribution is 2.48. The molecule has 3 N–H and O–H groups in total. The van der Waals surface area contributed by atoms with Crippen LogP contribution in [0.1, 0.15) is 41.4 Å². The van der Waals surface area contributed by atoms with Crippen LogP contribution in [0.4, 0.5) is 10.1 Å². The molecule has 1 spiro atoms. The number of methoxy groups -OCH3 is 1. The van der Waals surface area contributed by atoms with Crippen LogP contribution in [0.2, 0.25) is 5.02 Å². The average molecular weight is 495 g/mol. The molecule has 1 atom stereocenters. The van der Waals surface area contributed by atoms with Gasteiger partial charge in [-0.15, -0.1) is 0 Å². The molecule has 1 aromatic heterocycles. The summed E-state index contributed by atoms with van der Waals surface area (Å²) in [6.07, 6.45) is 1.60. The van der Waals surface area contributed by atoms with Crippen LogP contribution in [0.5, 0.6) is 0 Å². The van der Waals surface area contributed by atoms with Crippen LogP contribution in [0, 0.1) is 12.7 Å². The van der Waals surface area contributed by atoms with Gasteiger partial charge < -0.3 is 15.8 Å². The molecule has 2 aromatic rings. The second kappa shape index (κ2) is 8.03. The average Bonchev–Trinajstić information content (AvgIpc) is 2.67. The van der Waals surface area contributed by atoms with Crippen molar-refractivity contribution < 1.29 is 22.3 Å². The van der Waals surface area contributed by atoms with Crippen molar-refractivity contribution >= 4 is 38.9 Å². The maximum atomic E-state index is 14.9. The Morgan fingerprint density at radius 1 is 1.33 bits per heavy atom. The summed E-state index contributed by atoms with van der Waals surface area (Å²) >= 11 is 5.89. The van der Waals surface area contributed by atoms with Gasteiger partial charge in [-0.05, 0) is 43.7 Å². The number of pyridine rings is 1. The van der Waals surface area contributed by atoms with Crippen molar-refractivity contribution in [1.29, 1.82) is 0 Å². The summed E-state index contributed by atoms with van der Waals surface area (Å²) in [6.45, 7) is 3.21. The molecule has 2 aliphatic rings. The molecule has 1 amide bonds. The number of rotatable bonds is 4. The van der Waals surface area contributed by atoms with E-state index in [1.54, 1.807) is 13.0 Å². The highest BCUT2D eigenvalue weighted by molar-refractivity contribution is 7.93. The Balaban J connectivity index is 1.67. The van der Waals surface area contributed by atoms with Crippen LogP contribution in [0.25, 0.3) is 0 Å². The lowest BCUT2D eigenvalue weighted by atomic mass is 9.79. The standard InChI is InChI=1S/C22H24ClFN4O4S/c1-12-6-13(23)10-26-18(12)19(29)27-14-4-5-17(24)16(7-14)21(2)11-33(30,31)22(20(25)28-21)8-15(9-22)32-3/h4-7,10,15H,8-9,11H2,1-3H3,(H2,25,28)(H,27,29)/t15?,21-,22?/m0/s1. The number of carbonyl (C=O) groups excluding carboxylic acids is 1. The van der Waals surface area contributed by atoms with E-state index in [1.165, 1.54) is 32.4 Å². The van der Waals surface area contributed by atoms with Gasteiger partial charge in [0, 0.05) is 37.4 Å². The molecule has 2 heterocycles. The van der Waals surface area contributed by atoms with Gasteiger partial charge in [0.15, 0.2) is 9.84 Å². The highest BCUT2D eigenvalue weighted by Gasteiger charge is 2.61. The van der Waals surface area contributed by atoms with E-state index in [4.69, 9.17) is 22.1 Å². The molecular formula is C22H24ClFN4O4S. The summed E-state index contributed by atoms with van der Waals surface area (Å²) in [6, 6.07) is 5.52. The van der Waals surface area contributed by atoms with Crippen molar-refractivity contribution in [2.45, 2.75) is 43.1 Å². The zero-order chi connectivity index (χ0) is 24.2. The van der Waals surface area contributed by atoms with E-state index in [0.29, 0.717) is 10.6 Å². The minimum Gasteiger partial charge on any atom is -0.386 e. The second-order valence-corrected chi connectivity index (χ2v) is 11.5. The van der Waals surface area contributed by atoms with Gasteiger partial charge in [-0.25, -0.2) is 17.8 Å². The van der Waals surface area contributed by atoms with Gasteiger partial charge in [0.2, 0.25) is 0 Å². The number of hydrogen-bond donors (Lipinski definition) is 2. The van der Waals surface area contributed by atoms with Gasteiger partial charge in [-0.2, -0.15) is 0 Å². The number of sulfone groups is 1. The third-order valence-corrected chi connectivity index (χ3v) is 9.29. The van der Waals surface area contributed by atoms with E-state index in [1.807, 2.05) is 0 Å². The molecule has 0 unspecified atom stereocenters. The van der Waals surface area contributed by atoms with Gasteiger partial charge in [-0.3, -0.25) is 9.79 Å². The number of amides is 1. The minimum atomic E-state index is -3.75. The largest absolute Gasteiger partial charge is 0.386 e. The first kappa shape index (κ1) is 23.6. The molecule has 176 valence electrons.